The first-order valence-electron chi connectivity index (χ1n) is 6.79. The first-order chi connectivity index (χ1) is 8.81. The van der Waals surface area contributed by atoms with E-state index in [-0.39, 0.29) is 18.6 Å². The molecule has 2 rings (SSSR count). The van der Waals surface area contributed by atoms with Gasteiger partial charge in [0.05, 0.1) is 6.04 Å². The minimum absolute atomic E-state index is 0.102. The quantitative estimate of drug-likeness (QED) is 0.785. The predicted octanol–water partition coefficient (Wildman–Crippen LogP) is 2.34. The van der Waals surface area contributed by atoms with Crippen LogP contribution in [0.2, 0.25) is 0 Å². The van der Waals surface area contributed by atoms with E-state index in [0.717, 1.165) is 25.7 Å². The Kier molecular flexibility index (Phi) is 4.76. The summed E-state index contributed by atoms with van der Waals surface area (Å²) in [7, 11) is 0. The van der Waals surface area contributed by atoms with Gasteiger partial charge in [-0.25, -0.2) is 0 Å². The molecule has 0 aliphatic heterocycles. The van der Waals surface area contributed by atoms with Crippen LogP contribution in [0.4, 0.5) is 0 Å². The van der Waals surface area contributed by atoms with Gasteiger partial charge in [-0.05, 0) is 43.2 Å². The summed E-state index contributed by atoms with van der Waals surface area (Å²) in [5.74, 6) is 0.102. The van der Waals surface area contributed by atoms with Crippen LogP contribution in [0.5, 0.6) is 0 Å². The van der Waals surface area contributed by atoms with Crippen LogP contribution < -0.4 is 5.32 Å². The number of hydrogen-bond acceptors (Lipinski definition) is 2. The van der Waals surface area contributed by atoms with Crippen LogP contribution in [0.15, 0.2) is 24.3 Å². The molecule has 0 saturated carbocycles. The molecule has 0 radical (unpaired) electrons. The van der Waals surface area contributed by atoms with Crippen molar-refractivity contribution in [1.29, 1.82) is 0 Å². The summed E-state index contributed by atoms with van der Waals surface area (Å²) in [6.45, 7) is 0.166. The lowest BCUT2D eigenvalue weighted by Gasteiger charge is -2.26. The van der Waals surface area contributed by atoms with Gasteiger partial charge in [0, 0.05) is 13.0 Å². The molecular formula is C15H21NO2. The minimum Gasteiger partial charge on any atom is -0.396 e. The third kappa shape index (κ3) is 3.33. The van der Waals surface area contributed by atoms with Crippen molar-refractivity contribution < 1.29 is 9.90 Å². The zero-order chi connectivity index (χ0) is 12.8. The molecule has 0 heterocycles. The van der Waals surface area contributed by atoms with E-state index in [9.17, 15) is 4.79 Å². The second kappa shape index (κ2) is 6.55. The lowest BCUT2D eigenvalue weighted by molar-refractivity contribution is -0.122. The fourth-order valence-corrected chi connectivity index (χ4v) is 2.57. The Hall–Kier alpha value is -1.35. The molecule has 0 aromatic heterocycles. The van der Waals surface area contributed by atoms with E-state index in [1.165, 1.54) is 11.1 Å². The molecular weight excluding hydrogens is 226 g/mol. The van der Waals surface area contributed by atoms with Gasteiger partial charge >= 0.3 is 0 Å². The van der Waals surface area contributed by atoms with Gasteiger partial charge in [-0.2, -0.15) is 0 Å². The van der Waals surface area contributed by atoms with E-state index < -0.39 is 0 Å². The van der Waals surface area contributed by atoms with Crippen LogP contribution in [-0.4, -0.2) is 17.6 Å². The molecule has 3 heteroatoms. The van der Waals surface area contributed by atoms with E-state index >= 15 is 0 Å². The highest BCUT2D eigenvalue weighted by atomic mass is 16.2. The molecule has 1 aliphatic rings. The van der Waals surface area contributed by atoms with Crippen molar-refractivity contribution in [1.82, 2.24) is 5.32 Å². The number of hydrogen-bond donors (Lipinski definition) is 2. The second-order valence-corrected chi connectivity index (χ2v) is 4.89. The van der Waals surface area contributed by atoms with Gasteiger partial charge in [0.25, 0.3) is 0 Å². The highest BCUT2D eigenvalue weighted by molar-refractivity contribution is 5.76. The number of nitrogens with one attached hydrogen (secondary N) is 1. The number of carbonyl (C=O) groups excluding carboxylic acids is 1. The fourth-order valence-electron chi connectivity index (χ4n) is 2.57. The topological polar surface area (TPSA) is 49.3 Å². The molecule has 1 aromatic carbocycles. The predicted molar refractivity (Wildman–Crippen MR) is 71.2 cm³/mol. The number of unbranched alkanes of at least 4 members (excludes halogenated alkanes) is 1. The molecule has 1 aliphatic carbocycles. The summed E-state index contributed by atoms with van der Waals surface area (Å²) in [6, 6.07) is 8.54. The van der Waals surface area contributed by atoms with Crippen molar-refractivity contribution in [3.05, 3.63) is 35.4 Å². The largest absolute Gasteiger partial charge is 0.396 e. The zero-order valence-electron chi connectivity index (χ0n) is 10.7. The van der Waals surface area contributed by atoms with E-state index in [0.29, 0.717) is 12.8 Å². The Morgan fingerprint density at radius 1 is 1.33 bits per heavy atom. The normalized spacial score (nSPS) is 18.2. The van der Waals surface area contributed by atoms with Crippen LogP contribution in [0.25, 0.3) is 0 Å². The van der Waals surface area contributed by atoms with Crippen LogP contribution in [0.1, 0.15) is 49.3 Å². The first kappa shape index (κ1) is 13.1. The van der Waals surface area contributed by atoms with Gasteiger partial charge in [0.2, 0.25) is 5.91 Å². The first-order valence-corrected chi connectivity index (χ1v) is 6.79. The van der Waals surface area contributed by atoms with Gasteiger partial charge in [-0.15, -0.1) is 0 Å². The van der Waals surface area contributed by atoms with Crippen molar-refractivity contribution in [2.45, 2.75) is 44.6 Å². The number of carbonyl (C=O) groups is 1. The number of aliphatic hydroxyl groups excluding tert-OH is 1. The molecule has 0 saturated heterocycles. The second-order valence-electron chi connectivity index (χ2n) is 4.89. The van der Waals surface area contributed by atoms with Crippen LogP contribution in [0, 0.1) is 0 Å². The molecule has 18 heavy (non-hydrogen) atoms. The number of aryl methyl sites for hydroxylation is 1. The maximum atomic E-state index is 11.8. The van der Waals surface area contributed by atoms with Gasteiger partial charge in [-0.3, -0.25) is 4.79 Å². The molecule has 2 N–H and O–H groups in total. The van der Waals surface area contributed by atoms with Crippen molar-refractivity contribution >= 4 is 5.91 Å². The molecule has 3 nitrogen and oxygen atoms in total. The lowest BCUT2D eigenvalue weighted by atomic mass is 9.87. The highest BCUT2D eigenvalue weighted by Gasteiger charge is 2.20. The number of fused-ring (bicyclic) bond motifs is 1. The van der Waals surface area contributed by atoms with Crippen LogP contribution in [-0.2, 0) is 11.2 Å². The molecule has 98 valence electrons. The maximum Gasteiger partial charge on any atom is 0.220 e. The minimum atomic E-state index is 0.102. The number of amides is 1. The van der Waals surface area contributed by atoms with Gasteiger partial charge in [0.1, 0.15) is 0 Å². The Morgan fingerprint density at radius 2 is 2.17 bits per heavy atom. The average Bonchev–Trinajstić information content (AvgIpc) is 2.39. The molecule has 1 amide bonds. The van der Waals surface area contributed by atoms with Crippen molar-refractivity contribution in [3.63, 3.8) is 0 Å². The summed E-state index contributed by atoms with van der Waals surface area (Å²) in [5, 5.41) is 11.8. The Labute approximate surface area is 108 Å². The lowest BCUT2D eigenvalue weighted by Crippen LogP contribution is -2.30. The molecule has 0 fully saturated rings. The van der Waals surface area contributed by atoms with E-state index in [1.54, 1.807) is 0 Å². The smallest absolute Gasteiger partial charge is 0.220 e. The van der Waals surface area contributed by atoms with Gasteiger partial charge < -0.3 is 10.4 Å². The third-order valence-corrected chi connectivity index (χ3v) is 3.52. The molecule has 0 spiro atoms. The number of benzene rings is 1. The third-order valence-electron chi connectivity index (χ3n) is 3.52. The van der Waals surface area contributed by atoms with Crippen molar-refractivity contribution in [3.8, 4) is 0 Å². The summed E-state index contributed by atoms with van der Waals surface area (Å²) in [4.78, 5) is 11.8. The molecule has 0 bridgehead atoms. The Bertz CT molecular complexity index is 403. The maximum absolute atomic E-state index is 11.8. The SMILES string of the molecule is O=C(CCCCO)NC1CCCc2ccccc21. The highest BCUT2D eigenvalue weighted by Crippen LogP contribution is 2.29. The van der Waals surface area contributed by atoms with Crippen molar-refractivity contribution in [2.75, 3.05) is 6.61 Å². The van der Waals surface area contributed by atoms with Gasteiger partial charge in [0.15, 0.2) is 0 Å². The van der Waals surface area contributed by atoms with E-state index in [1.807, 2.05) is 6.07 Å². The monoisotopic (exact) mass is 247 g/mol. The Balaban J connectivity index is 1.92. The van der Waals surface area contributed by atoms with E-state index in [2.05, 4.69) is 23.5 Å². The molecule has 1 unspecified atom stereocenters. The van der Waals surface area contributed by atoms with Crippen LogP contribution in [0.3, 0.4) is 0 Å². The number of rotatable bonds is 5. The summed E-state index contributed by atoms with van der Waals surface area (Å²) >= 11 is 0. The standard InChI is InChI=1S/C15H21NO2/c17-11-4-3-10-15(18)16-14-9-5-7-12-6-1-2-8-13(12)14/h1-2,6,8,14,17H,3-5,7,9-11H2,(H,16,18). The summed E-state index contributed by atoms with van der Waals surface area (Å²) in [5.41, 5.74) is 2.64. The zero-order valence-corrected chi connectivity index (χ0v) is 10.7. The fraction of sp³-hybridized carbons (Fsp3) is 0.533. The molecule has 1 aromatic rings. The van der Waals surface area contributed by atoms with Crippen LogP contribution >= 0.6 is 0 Å². The average molecular weight is 247 g/mol. The van der Waals surface area contributed by atoms with Gasteiger partial charge in [-0.1, -0.05) is 24.3 Å². The van der Waals surface area contributed by atoms with Crippen molar-refractivity contribution in [2.24, 2.45) is 0 Å². The summed E-state index contributed by atoms with van der Waals surface area (Å²) in [6.07, 6.45) is 5.26. The summed E-state index contributed by atoms with van der Waals surface area (Å²) < 4.78 is 0. The van der Waals surface area contributed by atoms with E-state index in [4.69, 9.17) is 5.11 Å². The number of aliphatic hydroxyl groups is 1. The Morgan fingerprint density at radius 3 is 3.00 bits per heavy atom. The molecule has 1 atom stereocenters.